The number of oxazole rings is 1. The molecule has 0 aliphatic heterocycles. The van der Waals surface area contributed by atoms with Gasteiger partial charge in [0.05, 0.1) is 4.92 Å². The summed E-state index contributed by atoms with van der Waals surface area (Å²) in [6.07, 6.45) is 0.803. The first-order chi connectivity index (χ1) is 8.72. The quantitative estimate of drug-likeness (QED) is 0.480. The van der Waals surface area contributed by atoms with Crippen LogP contribution in [0.15, 0.2) is 22.6 Å². The molecule has 1 aromatic carbocycles. The number of non-ortho nitro benzene ring substituents is 1. The predicted octanol–water partition coefficient (Wildman–Crippen LogP) is 2.18. The maximum Gasteiger partial charge on any atom is 0.298 e. The average molecular weight is 251 g/mol. The summed E-state index contributed by atoms with van der Waals surface area (Å²) in [5, 5.41) is 13.8. The zero-order valence-corrected chi connectivity index (χ0v) is 9.88. The number of fused-ring (bicyclic) bond motifs is 1. The normalized spacial score (nSPS) is 10.7. The van der Waals surface area contributed by atoms with Crippen molar-refractivity contribution in [3.05, 3.63) is 28.3 Å². The highest BCUT2D eigenvalue weighted by Crippen LogP contribution is 2.27. The van der Waals surface area contributed by atoms with Crippen molar-refractivity contribution in [2.24, 2.45) is 0 Å². The summed E-state index contributed by atoms with van der Waals surface area (Å²) in [5.74, 6) is 0. The smallest absolute Gasteiger partial charge is 0.298 e. The van der Waals surface area contributed by atoms with E-state index in [1.807, 2.05) is 0 Å². The van der Waals surface area contributed by atoms with Crippen LogP contribution >= 0.6 is 0 Å². The number of rotatable bonds is 6. The second-order valence-corrected chi connectivity index (χ2v) is 3.67. The number of methoxy groups -OCH3 is 1. The van der Waals surface area contributed by atoms with E-state index in [2.05, 4.69) is 10.3 Å². The van der Waals surface area contributed by atoms with E-state index in [1.54, 1.807) is 19.2 Å². The molecule has 0 unspecified atom stereocenters. The van der Waals surface area contributed by atoms with Gasteiger partial charge >= 0.3 is 0 Å². The highest BCUT2D eigenvalue weighted by Gasteiger charge is 2.16. The third-order valence-electron chi connectivity index (χ3n) is 2.40. The van der Waals surface area contributed by atoms with Gasteiger partial charge in [0.1, 0.15) is 0 Å². The van der Waals surface area contributed by atoms with E-state index in [1.165, 1.54) is 6.07 Å². The first-order valence-electron chi connectivity index (χ1n) is 5.49. The van der Waals surface area contributed by atoms with E-state index in [0.717, 1.165) is 6.42 Å². The lowest BCUT2D eigenvalue weighted by molar-refractivity contribution is -0.383. The molecular weight excluding hydrogens is 238 g/mol. The summed E-state index contributed by atoms with van der Waals surface area (Å²) < 4.78 is 10.3. The predicted molar refractivity (Wildman–Crippen MR) is 65.6 cm³/mol. The van der Waals surface area contributed by atoms with Crippen LogP contribution in [0, 0.1) is 10.1 Å². The molecule has 18 heavy (non-hydrogen) atoms. The lowest BCUT2D eigenvalue weighted by atomic mass is 10.3. The van der Waals surface area contributed by atoms with Crippen LogP contribution in [0.25, 0.3) is 11.1 Å². The van der Waals surface area contributed by atoms with E-state index in [9.17, 15) is 10.1 Å². The fourth-order valence-electron chi connectivity index (χ4n) is 1.57. The van der Waals surface area contributed by atoms with Crippen LogP contribution in [0.1, 0.15) is 6.42 Å². The highest BCUT2D eigenvalue weighted by atomic mass is 16.6. The molecule has 2 rings (SSSR count). The lowest BCUT2D eigenvalue weighted by Gasteiger charge is -1.99. The first-order valence-corrected chi connectivity index (χ1v) is 5.49. The number of hydrogen-bond donors (Lipinski definition) is 1. The SMILES string of the molecule is COCCCNc1nc2c([N+](=O)[O-])cccc2o1. The third-order valence-corrected chi connectivity index (χ3v) is 2.40. The van der Waals surface area contributed by atoms with Crippen LogP contribution in [0.5, 0.6) is 0 Å². The maximum absolute atomic E-state index is 10.8. The molecule has 0 atom stereocenters. The van der Waals surface area contributed by atoms with Crippen LogP contribution in [0.4, 0.5) is 11.7 Å². The van der Waals surface area contributed by atoms with Gasteiger partial charge in [-0.2, -0.15) is 4.98 Å². The van der Waals surface area contributed by atoms with Gasteiger partial charge in [0.15, 0.2) is 11.1 Å². The topological polar surface area (TPSA) is 90.4 Å². The second kappa shape index (κ2) is 5.46. The van der Waals surface area contributed by atoms with Crippen molar-refractivity contribution in [3.63, 3.8) is 0 Å². The number of nitrogens with zero attached hydrogens (tertiary/aromatic N) is 2. The molecule has 0 amide bonds. The van der Waals surface area contributed by atoms with Crippen molar-refractivity contribution >= 4 is 22.8 Å². The molecule has 1 N–H and O–H groups in total. The minimum Gasteiger partial charge on any atom is -0.423 e. The van der Waals surface area contributed by atoms with Crippen LogP contribution in [0.2, 0.25) is 0 Å². The van der Waals surface area contributed by atoms with Crippen LogP contribution in [-0.2, 0) is 4.74 Å². The zero-order valence-electron chi connectivity index (χ0n) is 9.88. The molecule has 0 saturated carbocycles. The number of para-hydroxylation sites is 1. The van der Waals surface area contributed by atoms with Crippen LogP contribution < -0.4 is 5.32 Å². The first kappa shape index (κ1) is 12.3. The molecule has 1 heterocycles. The molecule has 1 aromatic heterocycles. The fourth-order valence-corrected chi connectivity index (χ4v) is 1.57. The second-order valence-electron chi connectivity index (χ2n) is 3.67. The van der Waals surface area contributed by atoms with Gasteiger partial charge in [0, 0.05) is 26.3 Å². The maximum atomic E-state index is 10.8. The lowest BCUT2D eigenvalue weighted by Crippen LogP contribution is -2.04. The number of nitro groups is 1. The fraction of sp³-hybridized carbons (Fsp3) is 0.364. The van der Waals surface area contributed by atoms with E-state index >= 15 is 0 Å². The Morgan fingerprint density at radius 2 is 2.39 bits per heavy atom. The summed E-state index contributed by atoms with van der Waals surface area (Å²) in [4.78, 5) is 14.4. The van der Waals surface area contributed by atoms with Gasteiger partial charge in [0.25, 0.3) is 11.7 Å². The van der Waals surface area contributed by atoms with Gasteiger partial charge in [-0.25, -0.2) is 0 Å². The van der Waals surface area contributed by atoms with E-state index < -0.39 is 4.92 Å². The van der Waals surface area contributed by atoms with Crippen molar-refractivity contribution in [2.45, 2.75) is 6.42 Å². The number of ether oxygens (including phenoxy) is 1. The van der Waals surface area contributed by atoms with Crippen molar-refractivity contribution in [2.75, 3.05) is 25.6 Å². The summed E-state index contributed by atoms with van der Waals surface area (Å²) in [6, 6.07) is 4.91. The Morgan fingerprint density at radius 3 is 3.11 bits per heavy atom. The number of nitrogens with one attached hydrogen (secondary N) is 1. The van der Waals surface area contributed by atoms with Gasteiger partial charge in [-0.3, -0.25) is 10.1 Å². The summed E-state index contributed by atoms with van der Waals surface area (Å²) in [7, 11) is 1.63. The Labute approximate surface area is 103 Å². The van der Waals surface area contributed by atoms with Crippen molar-refractivity contribution in [3.8, 4) is 0 Å². The molecule has 0 aliphatic carbocycles. The Morgan fingerprint density at radius 1 is 1.56 bits per heavy atom. The minimum atomic E-state index is -0.473. The van der Waals surface area contributed by atoms with Crippen LogP contribution in [0.3, 0.4) is 0 Å². The van der Waals surface area contributed by atoms with Gasteiger partial charge < -0.3 is 14.5 Å². The number of hydrogen-bond acceptors (Lipinski definition) is 6. The standard InChI is InChI=1S/C11H13N3O4/c1-17-7-3-6-12-11-13-10-8(14(15)16)4-2-5-9(10)18-11/h2,4-5H,3,6-7H2,1H3,(H,12,13). The third kappa shape index (κ3) is 2.57. The Balaban J connectivity index is 2.17. The molecule has 7 nitrogen and oxygen atoms in total. The number of nitro benzene ring substituents is 1. The minimum absolute atomic E-state index is 0.0545. The van der Waals surface area contributed by atoms with Gasteiger partial charge in [-0.05, 0) is 12.5 Å². The van der Waals surface area contributed by atoms with Gasteiger partial charge in [-0.1, -0.05) is 6.07 Å². The number of benzene rings is 1. The Bertz CT molecular complexity index is 552. The molecular formula is C11H13N3O4. The monoisotopic (exact) mass is 251 g/mol. The molecule has 2 aromatic rings. The van der Waals surface area contributed by atoms with Crippen LogP contribution in [-0.4, -0.2) is 30.2 Å². The molecule has 0 spiro atoms. The average Bonchev–Trinajstić information content (AvgIpc) is 2.76. The number of aromatic nitrogens is 1. The summed E-state index contributed by atoms with van der Waals surface area (Å²) in [5.41, 5.74) is 0.608. The Kier molecular flexibility index (Phi) is 3.73. The zero-order chi connectivity index (χ0) is 13.0. The number of anilines is 1. The largest absolute Gasteiger partial charge is 0.423 e. The summed E-state index contributed by atoms with van der Waals surface area (Å²) in [6.45, 7) is 1.27. The highest BCUT2D eigenvalue weighted by molar-refractivity contribution is 5.83. The van der Waals surface area contributed by atoms with E-state index in [-0.39, 0.29) is 17.2 Å². The molecule has 0 saturated heterocycles. The molecule has 0 aliphatic rings. The molecule has 96 valence electrons. The van der Waals surface area contributed by atoms with E-state index in [0.29, 0.717) is 18.7 Å². The van der Waals surface area contributed by atoms with Crippen molar-refractivity contribution in [1.82, 2.24) is 4.98 Å². The van der Waals surface area contributed by atoms with Crippen molar-refractivity contribution in [1.29, 1.82) is 0 Å². The van der Waals surface area contributed by atoms with Gasteiger partial charge in [0.2, 0.25) is 0 Å². The molecule has 0 fully saturated rings. The van der Waals surface area contributed by atoms with Gasteiger partial charge in [-0.15, -0.1) is 0 Å². The summed E-state index contributed by atoms with van der Waals surface area (Å²) >= 11 is 0. The Hall–Kier alpha value is -2.15. The molecule has 0 radical (unpaired) electrons. The van der Waals surface area contributed by atoms with E-state index in [4.69, 9.17) is 9.15 Å². The molecule has 0 bridgehead atoms. The van der Waals surface area contributed by atoms with Crippen molar-refractivity contribution < 1.29 is 14.1 Å². The molecule has 7 heteroatoms.